The van der Waals surface area contributed by atoms with Gasteiger partial charge in [0.05, 0.1) is 13.4 Å². The Kier molecular flexibility index (Phi) is 3.87. The van der Waals surface area contributed by atoms with Gasteiger partial charge in [0.1, 0.15) is 17.4 Å². The maximum Gasteiger partial charge on any atom is 0.339 e. The Morgan fingerprint density at radius 3 is 2.63 bits per heavy atom. The summed E-state index contributed by atoms with van der Waals surface area (Å²) in [5.41, 5.74) is 0.794. The molecule has 0 bridgehead atoms. The molecule has 0 amide bonds. The number of hydrogen-bond acceptors (Lipinski definition) is 4. The second kappa shape index (κ2) is 5.58. The number of ether oxygens (including phenoxy) is 2. The zero-order valence-corrected chi connectivity index (χ0v) is 10.6. The van der Waals surface area contributed by atoms with Crippen LogP contribution in [0.2, 0.25) is 0 Å². The molecule has 0 spiro atoms. The number of benzene rings is 1. The van der Waals surface area contributed by atoms with Crippen molar-refractivity contribution in [2.45, 2.75) is 6.10 Å². The van der Waals surface area contributed by atoms with E-state index in [0.29, 0.717) is 11.3 Å². The number of carbonyl (C=O) groups is 1. The SMILES string of the molecule is COc1ccccc1C(OC)c1occc1C(=O)O. The first-order valence-corrected chi connectivity index (χ1v) is 5.65. The van der Waals surface area contributed by atoms with Crippen molar-refractivity contribution < 1.29 is 23.8 Å². The fourth-order valence-electron chi connectivity index (χ4n) is 1.96. The molecule has 19 heavy (non-hydrogen) atoms. The first-order chi connectivity index (χ1) is 9.19. The van der Waals surface area contributed by atoms with Crippen molar-refractivity contribution in [3.05, 3.63) is 53.5 Å². The highest BCUT2D eigenvalue weighted by Gasteiger charge is 2.26. The predicted octanol–water partition coefficient (Wildman–Crippen LogP) is 2.72. The van der Waals surface area contributed by atoms with Crippen molar-refractivity contribution in [3.8, 4) is 5.75 Å². The van der Waals surface area contributed by atoms with Gasteiger partial charge in [-0.1, -0.05) is 18.2 Å². The molecule has 0 saturated heterocycles. The maximum atomic E-state index is 11.1. The highest BCUT2D eigenvalue weighted by atomic mass is 16.5. The third-order valence-corrected chi connectivity index (χ3v) is 2.82. The Morgan fingerprint density at radius 1 is 1.26 bits per heavy atom. The fourth-order valence-corrected chi connectivity index (χ4v) is 1.96. The van der Waals surface area contributed by atoms with Crippen molar-refractivity contribution in [3.63, 3.8) is 0 Å². The molecular weight excluding hydrogens is 248 g/mol. The van der Waals surface area contributed by atoms with Crippen molar-refractivity contribution in [2.75, 3.05) is 14.2 Å². The van der Waals surface area contributed by atoms with E-state index < -0.39 is 12.1 Å². The van der Waals surface area contributed by atoms with Crippen LogP contribution in [0.3, 0.4) is 0 Å². The lowest BCUT2D eigenvalue weighted by molar-refractivity contribution is 0.0678. The minimum Gasteiger partial charge on any atom is -0.496 e. The summed E-state index contributed by atoms with van der Waals surface area (Å²) in [6, 6.07) is 8.65. The largest absolute Gasteiger partial charge is 0.496 e. The zero-order valence-electron chi connectivity index (χ0n) is 10.6. The van der Waals surface area contributed by atoms with E-state index in [1.54, 1.807) is 19.2 Å². The molecule has 0 radical (unpaired) electrons. The van der Waals surface area contributed by atoms with E-state index in [0.717, 1.165) is 0 Å². The maximum absolute atomic E-state index is 11.1. The quantitative estimate of drug-likeness (QED) is 0.897. The number of aromatic carboxylic acids is 1. The molecule has 1 aromatic carbocycles. The van der Waals surface area contributed by atoms with Crippen molar-refractivity contribution in [1.29, 1.82) is 0 Å². The normalized spacial score (nSPS) is 12.1. The van der Waals surface area contributed by atoms with E-state index in [4.69, 9.17) is 19.0 Å². The summed E-state index contributed by atoms with van der Waals surface area (Å²) >= 11 is 0. The summed E-state index contributed by atoms with van der Waals surface area (Å²) in [6.45, 7) is 0. The molecule has 1 heterocycles. The molecule has 0 aliphatic carbocycles. The van der Waals surface area contributed by atoms with Gasteiger partial charge in [0.25, 0.3) is 0 Å². The van der Waals surface area contributed by atoms with Crippen LogP contribution in [0.15, 0.2) is 41.0 Å². The van der Waals surface area contributed by atoms with E-state index >= 15 is 0 Å². The van der Waals surface area contributed by atoms with E-state index in [1.165, 1.54) is 19.4 Å². The lowest BCUT2D eigenvalue weighted by atomic mass is 10.0. The number of furan rings is 1. The molecule has 0 aliphatic heterocycles. The number of methoxy groups -OCH3 is 2. The van der Waals surface area contributed by atoms with Crippen LogP contribution in [0.1, 0.15) is 27.8 Å². The fraction of sp³-hybridized carbons (Fsp3) is 0.214. The number of rotatable bonds is 5. The molecule has 0 aliphatic rings. The van der Waals surface area contributed by atoms with Gasteiger partial charge in [0, 0.05) is 12.7 Å². The number of carboxylic acid groups (broad SMARTS) is 1. The topological polar surface area (TPSA) is 68.9 Å². The van der Waals surface area contributed by atoms with Crippen molar-refractivity contribution in [1.82, 2.24) is 0 Å². The van der Waals surface area contributed by atoms with Crippen LogP contribution in [-0.4, -0.2) is 25.3 Å². The van der Waals surface area contributed by atoms with Gasteiger partial charge in [0.15, 0.2) is 5.76 Å². The molecule has 1 N–H and O–H groups in total. The monoisotopic (exact) mass is 262 g/mol. The number of carboxylic acids is 1. The van der Waals surface area contributed by atoms with Crippen LogP contribution in [0.25, 0.3) is 0 Å². The van der Waals surface area contributed by atoms with Crippen molar-refractivity contribution in [2.24, 2.45) is 0 Å². The second-order valence-corrected chi connectivity index (χ2v) is 3.86. The summed E-state index contributed by atoms with van der Waals surface area (Å²) in [5, 5.41) is 9.13. The molecule has 5 nitrogen and oxygen atoms in total. The lowest BCUT2D eigenvalue weighted by Gasteiger charge is -2.17. The second-order valence-electron chi connectivity index (χ2n) is 3.86. The standard InChI is InChI=1S/C14H14O5/c1-17-11-6-4-3-5-9(11)12(18-2)13-10(14(15)16)7-8-19-13/h3-8,12H,1-2H3,(H,15,16). The molecule has 0 saturated carbocycles. The molecule has 2 aromatic rings. The first-order valence-electron chi connectivity index (χ1n) is 5.65. The number of hydrogen-bond donors (Lipinski definition) is 1. The third kappa shape index (κ3) is 2.46. The van der Waals surface area contributed by atoms with Gasteiger partial charge in [-0.15, -0.1) is 0 Å². The lowest BCUT2D eigenvalue weighted by Crippen LogP contribution is -2.09. The van der Waals surface area contributed by atoms with E-state index in [2.05, 4.69) is 0 Å². The summed E-state index contributed by atoms with van der Waals surface area (Å²) < 4.78 is 15.9. The van der Waals surface area contributed by atoms with Gasteiger partial charge < -0.3 is 19.0 Å². The van der Waals surface area contributed by atoms with Gasteiger partial charge in [-0.25, -0.2) is 4.79 Å². The van der Waals surface area contributed by atoms with Gasteiger partial charge in [-0.3, -0.25) is 0 Å². The van der Waals surface area contributed by atoms with Gasteiger partial charge >= 0.3 is 5.97 Å². The molecular formula is C14H14O5. The van der Waals surface area contributed by atoms with Crippen molar-refractivity contribution >= 4 is 5.97 Å². The zero-order chi connectivity index (χ0) is 13.8. The Hall–Kier alpha value is -2.27. The summed E-state index contributed by atoms with van der Waals surface area (Å²) in [5.74, 6) is -0.192. The van der Waals surface area contributed by atoms with Crippen LogP contribution in [0.4, 0.5) is 0 Å². The van der Waals surface area contributed by atoms with Crippen LogP contribution < -0.4 is 4.74 Å². The highest BCUT2D eigenvalue weighted by molar-refractivity contribution is 5.89. The minimum absolute atomic E-state index is 0.0813. The van der Waals surface area contributed by atoms with Crippen LogP contribution in [0, 0.1) is 0 Å². The molecule has 1 aromatic heterocycles. The third-order valence-electron chi connectivity index (χ3n) is 2.82. The van der Waals surface area contributed by atoms with Crippen LogP contribution in [0.5, 0.6) is 5.75 Å². The van der Waals surface area contributed by atoms with Gasteiger partial charge in [-0.05, 0) is 12.1 Å². The molecule has 1 unspecified atom stereocenters. The van der Waals surface area contributed by atoms with E-state index in [9.17, 15) is 4.79 Å². The Labute approximate surface area is 110 Å². The number of para-hydroxylation sites is 1. The smallest absolute Gasteiger partial charge is 0.339 e. The summed E-state index contributed by atoms with van der Waals surface area (Å²) in [7, 11) is 3.04. The molecule has 2 rings (SSSR count). The van der Waals surface area contributed by atoms with E-state index in [1.807, 2.05) is 12.1 Å². The molecule has 1 atom stereocenters. The van der Waals surface area contributed by atoms with Gasteiger partial charge in [0.2, 0.25) is 0 Å². The van der Waals surface area contributed by atoms with Gasteiger partial charge in [-0.2, -0.15) is 0 Å². The Bertz CT molecular complexity index is 573. The molecule has 0 fully saturated rings. The summed E-state index contributed by atoms with van der Waals surface area (Å²) in [4.78, 5) is 11.1. The average molecular weight is 262 g/mol. The van der Waals surface area contributed by atoms with Crippen LogP contribution in [-0.2, 0) is 4.74 Å². The highest BCUT2D eigenvalue weighted by Crippen LogP contribution is 2.34. The summed E-state index contributed by atoms with van der Waals surface area (Å²) in [6.07, 6.45) is 0.706. The Morgan fingerprint density at radius 2 is 2.00 bits per heavy atom. The minimum atomic E-state index is -1.05. The Balaban J connectivity index is 2.50. The first kappa shape index (κ1) is 13.2. The van der Waals surface area contributed by atoms with E-state index in [-0.39, 0.29) is 11.3 Å². The average Bonchev–Trinajstić information content (AvgIpc) is 2.89. The van der Waals surface area contributed by atoms with Crippen LogP contribution >= 0.6 is 0 Å². The molecule has 100 valence electrons. The molecule has 5 heteroatoms. The predicted molar refractivity (Wildman–Crippen MR) is 67.5 cm³/mol.